The average Bonchev–Trinajstić information content (AvgIpc) is 3.40. The molecular weight excluding hydrogens is 356 g/mol. The lowest BCUT2D eigenvalue weighted by Crippen LogP contribution is -2.44. The van der Waals surface area contributed by atoms with Gasteiger partial charge in [-0.15, -0.1) is 0 Å². The molecule has 1 unspecified atom stereocenters. The highest BCUT2D eigenvalue weighted by atomic mass is 16.1. The summed E-state index contributed by atoms with van der Waals surface area (Å²) in [5, 5.41) is 7.28. The zero-order valence-corrected chi connectivity index (χ0v) is 15.9. The molecule has 1 fully saturated rings. The molecule has 28 heavy (non-hydrogen) atoms. The quantitative estimate of drug-likeness (QED) is 0.691. The van der Waals surface area contributed by atoms with E-state index < -0.39 is 0 Å². The maximum absolute atomic E-state index is 12.6. The number of nitrogens with zero attached hydrogens (tertiary/aromatic N) is 7. The number of piperidine rings is 1. The Labute approximate surface area is 163 Å². The van der Waals surface area contributed by atoms with E-state index in [-0.39, 0.29) is 11.8 Å². The van der Waals surface area contributed by atoms with Gasteiger partial charge in [-0.1, -0.05) is 0 Å². The number of imidazole rings is 1. The van der Waals surface area contributed by atoms with E-state index >= 15 is 0 Å². The number of carbonyl (C=O) groups is 1. The van der Waals surface area contributed by atoms with Gasteiger partial charge in [-0.25, -0.2) is 19.6 Å². The largest absolute Gasteiger partial charge is 0.356 e. The number of anilines is 1. The van der Waals surface area contributed by atoms with Crippen molar-refractivity contribution < 1.29 is 4.79 Å². The summed E-state index contributed by atoms with van der Waals surface area (Å²) < 4.78 is 3.74. The van der Waals surface area contributed by atoms with Crippen molar-refractivity contribution in [2.75, 3.05) is 24.5 Å². The molecule has 1 amide bonds. The maximum Gasteiger partial charge on any atom is 0.224 e. The van der Waals surface area contributed by atoms with Gasteiger partial charge < -0.3 is 14.8 Å². The second-order valence-electron chi connectivity index (χ2n) is 6.93. The molecule has 146 valence electrons. The Bertz CT molecular complexity index is 920. The van der Waals surface area contributed by atoms with Crippen LogP contribution in [0.2, 0.25) is 0 Å². The monoisotopic (exact) mass is 380 g/mol. The molecule has 0 spiro atoms. The van der Waals surface area contributed by atoms with Gasteiger partial charge >= 0.3 is 0 Å². The fourth-order valence-electron chi connectivity index (χ4n) is 3.52. The van der Waals surface area contributed by atoms with Gasteiger partial charge in [0.1, 0.15) is 18.0 Å². The Hall–Kier alpha value is -3.23. The second-order valence-corrected chi connectivity index (χ2v) is 6.93. The van der Waals surface area contributed by atoms with E-state index in [2.05, 4.69) is 30.3 Å². The van der Waals surface area contributed by atoms with Crippen LogP contribution in [-0.2, 0) is 11.3 Å². The summed E-state index contributed by atoms with van der Waals surface area (Å²) in [7, 11) is 0. The molecule has 4 rings (SSSR count). The number of amides is 1. The van der Waals surface area contributed by atoms with Crippen LogP contribution >= 0.6 is 0 Å². The zero-order valence-electron chi connectivity index (χ0n) is 15.9. The normalized spacial score (nSPS) is 16.9. The van der Waals surface area contributed by atoms with Crippen LogP contribution in [0.15, 0.2) is 43.2 Å². The number of aryl methyl sites for hydroxylation is 1. The van der Waals surface area contributed by atoms with Crippen molar-refractivity contribution in [3.63, 3.8) is 0 Å². The Morgan fingerprint density at radius 3 is 2.89 bits per heavy atom. The van der Waals surface area contributed by atoms with E-state index in [1.54, 1.807) is 23.4 Å². The Balaban J connectivity index is 1.35. The molecule has 3 aromatic heterocycles. The first-order chi connectivity index (χ1) is 13.7. The summed E-state index contributed by atoms with van der Waals surface area (Å²) in [6, 6.07) is 3.77. The highest BCUT2D eigenvalue weighted by Crippen LogP contribution is 2.22. The molecule has 1 atom stereocenters. The van der Waals surface area contributed by atoms with Crippen molar-refractivity contribution >= 4 is 11.7 Å². The molecule has 9 heteroatoms. The average molecular weight is 380 g/mol. The van der Waals surface area contributed by atoms with Gasteiger partial charge in [0, 0.05) is 57.0 Å². The van der Waals surface area contributed by atoms with Crippen LogP contribution < -0.4 is 10.2 Å². The molecule has 0 aliphatic carbocycles. The molecular formula is C19H24N8O. The van der Waals surface area contributed by atoms with Gasteiger partial charge in [-0.05, 0) is 25.8 Å². The smallest absolute Gasteiger partial charge is 0.224 e. The number of hydrogen-bond donors (Lipinski definition) is 1. The first-order valence-electron chi connectivity index (χ1n) is 9.53. The van der Waals surface area contributed by atoms with Crippen molar-refractivity contribution in [1.29, 1.82) is 0 Å². The molecule has 0 radical (unpaired) electrons. The van der Waals surface area contributed by atoms with Gasteiger partial charge in [-0.2, -0.15) is 5.10 Å². The molecule has 1 saturated heterocycles. The third-order valence-electron chi connectivity index (χ3n) is 5.07. The highest BCUT2D eigenvalue weighted by molar-refractivity contribution is 5.79. The van der Waals surface area contributed by atoms with Crippen LogP contribution in [0.25, 0.3) is 5.82 Å². The summed E-state index contributed by atoms with van der Waals surface area (Å²) in [6.07, 6.45) is 10.7. The van der Waals surface area contributed by atoms with Gasteiger partial charge in [0.25, 0.3) is 0 Å². The molecule has 9 nitrogen and oxygen atoms in total. The van der Waals surface area contributed by atoms with Crippen molar-refractivity contribution in [3.05, 3.63) is 49.1 Å². The van der Waals surface area contributed by atoms with Crippen LogP contribution in [0.5, 0.6) is 0 Å². The molecule has 0 saturated carbocycles. The van der Waals surface area contributed by atoms with Crippen LogP contribution in [0, 0.1) is 12.8 Å². The predicted octanol–water partition coefficient (Wildman–Crippen LogP) is 1.20. The van der Waals surface area contributed by atoms with Gasteiger partial charge in [-0.3, -0.25) is 4.79 Å². The number of aromatic nitrogens is 6. The molecule has 1 aliphatic rings. The SMILES string of the molecule is Cc1nccn1CCNC(=O)C1CCCN(c2cc(-n3cccn3)ncn2)C1. The van der Waals surface area contributed by atoms with E-state index in [0.29, 0.717) is 13.1 Å². The molecule has 3 aromatic rings. The summed E-state index contributed by atoms with van der Waals surface area (Å²) >= 11 is 0. The lowest BCUT2D eigenvalue weighted by atomic mass is 9.97. The topological polar surface area (TPSA) is 93.8 Å². The standard InChI is InChI=1S/C19H24N8O/c1-15-20-6-10-25(15)11-7-21-19(28)16-4-2-8-26(13-16)17-12-18(23-14-22-17)27-9-3-5-24-27/h3,5-6,9-10,12,14,16H,2,4,7-8,11,13H2,1H3,(H,21,28). The highest BCUT2D eigenvalue weighted by Gasteiger charge is 2.26. The number of nitrogens with one attached hydrogen (secondary N) is 1. The van der Waals surface area contributed by atoms with E-state index in [0.717, 1.165) is 43.4 Å². The van der Waals surface area contributed by atoms with Crippen LogP contribution in [-0.4, -0.2) is 54.8 Å². The van der Waals surface area contributed by atoms with Gasteiger partial charge in [0.05, 0.1) is 5.92 Å². The maximum atomic E-state index is 12.6. The first kappa shape index (κ1) is 18.1. The Kier molecular flexibility index (Phi) is 5.31. The fourth-order valence-corrected chi connectivity index (χ4v) is 3.52. The minimum atomic E-state index is -0.0410. The van der Waals surface area contributed by atoms with Gasteiger partial charge in [0.2, 0.25) is 5.91 Å². The molecule has 0 bridgehead atoms. The lowest BCUT2D eigenvalue weighted by molar-refractivity contribution is -0.125. The van der Waals surface area contributed by atoms with Gasteiger partial charge in [0.15, 0.2) is 5.82 Å². The van der Waals surface area contributed by atoms with E-state index in [4.69, 9.17) is 0 Å². The van der Waals surface area contributed by atoms with Crippen LogP contribution in [0.3, 0.4) is 0 Å². The van der Waals surface area contributed by atoms with Crippen molar-refractivity contribution in [1.82, 2.24) is 34.6 Å². The van der Waals surface area contributed by atoms with E-state index in [1.807, 2.05) is 36.0 Å². The molecule has 0 aromatic carbocycles. The Morgan fingerprint density at radius 1 is 1.21 bits per heavy atom. The number of hydrogen-bond acceptors (Lipinski definition) is 6. The third kappa shape index (κ3) is 4.03. The number of carbonyl (C=O) groups excluding carboxylic acids is 1. The van der Waals surface area contributed by atoms with Crippen molar-refractivity contribution in [2.45, 2.75) is 26.3 Å². The molecule has 1 N–H and O–H groups in total. The minimum Gasteiger partial charge on any atom is -0.356 e. The summed E-state index contributed by atoms with van der Waals surface area (Å²) in [6.45, 7) is 4.83. The molecule has 4 heterocycles. The fraction of sp³-hybridized carbons (Fsp3) is 0.421. The summed E-state index contributed by atoms with van der Waals surface area (Å²) in [4.78, 5) is 27.7. The second kappa shape index (κ2) is 8.20. The minimum absolute atomic E-state index is 0.0410. The first-order valence-corrected chi connectivity index (χ1v) is 9.53. The molecule has 1 aliphatic heterocycles. The summed E-state index contributed by atoms with van der Waals surface area (Å²) in [5.74, 6) is 2.56. The number of rotatable bonds is 6. The zero-order chi connectivity index (χ0) is 19.3. The van der Waals surface area contributed by atoms with Crippen molar-refractivity contribution in [2.24, 2.45) is 5.92 Å². The van der Waals surface area contributed by atoms with E-state index in [9.17, 15) is 4.79 Å². The third-order valence-corrected chi connectivity index (χ3v) is 5.07. The van der Waals surface area contributed by atoms with E-state index in [1.165, 1.54) is 0 Å². The lowest BCUT2D eigenvalue weighted by Gasteiger charge is -2.32. The Morgan fingerprint density at radius 2 is 2.11 bits per heavy atom. The summed E-state index contributed by atoms with van der Waals surface area (Å²) in [5.41, 5.74) is 0. The van der Waals surface area contributed by atoms with Crippen molar-refractivity contribution in [3.8, 4) is 5.82 Å². The van der Waals surface area contributed by atoms with Crippen LogP contribution in [0.4, 0.5) is 5.82 Å². The van der Waals surface area contributed by atoms with Crippen LogP contribution in [0.1, 0.15) is 18.7 Å². The predicted molar refractivity (Wildman–Crippen MR) is 104 cm³/mol.